The third-order valence-corrected chi connectivity index (χ3v) is 5.29. The van der Waals surface area contributed by atoms with E-state index in [1.165, 1.54) is 36.3 Å². The molecule has 1 N–H and O–H groups in total. The summed E-state index contributed by atoms with van der Waals surface area (Å²) < 4.78 is 46.2. The van der Waals surface area contributed by atoms with E-state index in [9.17, 15) is 18.0 Å². The number of carbonyl (C=O) groups excluding carboxylic acids is 1. The summed E-state index contributed by atoms with van der Waals surface area (Å²) in [4.78, 5) is 16.6. The molecule has 1 atom stereocenters. The molecule has 1 aliphatic heterocycles. The summed E-state index contributed by atoms with van der Waals surface area (Å²) >= 11 is 0. The molecule has 1 saturated heterocycles. The predicted molar refractivity (Wildman–Crippen MR) is 108 cm³/mol. The van der Waals surface area contributed by atoms with Crippen molar-refractivity contribution in [2.24, 2.45) is 5.92 Å². The van der Waals surface area contributed by atoms with E-state index in [-0.39, 0.29) is 36.4 Å². The number of carbonyl (C=O) groups is 1. The van der Waals surface area contributed by atoms with Gasteiger partial charge in [0.05, 0.1) is 13.7 Å². The summed E-state index contributed by atoms with van der Waals surface area (Å²) in [6.07, 6.45) is 0.940. The first kappa shape index (κ1) is 22.0. The van der Waals surface area contributed by atoms with E-state index < -0.39 is 17.5 Å². The van der Waals surface area contributed by atoms with Crippen molar-refractivity contribution in [2.75, 3.05) is 33.8 Å². The van der Waals surface area contributed by atoms with Gasteiger partial charge in [0.1, 0.15) is 11.6 Å². The largest absolute Gasteiger partial charge is 0.494 e. The Hall–Kier alpha value is -2.74. The summed E-state index contributed by atoms with van der Waals surface area (Å²) in [5.74, 6) is -1.46. The number of urea groups is 1. The Kier molecular flexibility index (Phi) is 7.20. The molecule has 0 radical (unpaired) electrons. The van der Waals surface area contributed by atoms with E-state index in [1.807, 2.05) is 7.05 Å². The van der Waals surface area contributed by atoms with Crippen LogP contribution in [-0.2, 0) is 13.1 Å². The molecule has 3 rings (SSSR count). The van der Waals surface area contributed by atoms with E-state index in [4.69, 9.17) is 4.74 Å². The zero-order valence-electron chi connectivity index (χ0n) is 17.1. The number of amides is 2. The number of benzene rings is 2. The zero-order valence-corrected chi connectivity index (χ0v) is 17.1. The number of nitrogens with one attached hydrogen (secondary N) is 1. The lowest BCUT2D eigenvalue weighted by Gasteiger charge is -2.26. The summed E-state index contributed by atoms with van der Waals surface area (Å²) in [6.45, 7) is 2.38. The molecule has 0 saturated carbocycles. The fraction of sp³-hybridized carbons (Fsp3) is 0.409. The molecular formula is C22H26F3N3O2. The quantitative estimate of drug-likeness (QED) is 0.740. The molecule has 0 spiro atoms. The molecule has 2 amide bonds. The first-order valence-corrected chi connectivity index (χ1v) is 9.83. The van der Waals surface area contributed by atoms with Crippen molar-refractivity contribution in [3.8, 4) is 5.75 Å². The van der Waals surface area contributed by atoms with Crippen molar-refractivity contribution >= 4 is 6.03 Å². The minimum absolute atomic E-state index is 0.0230. The van der Waals surface area contributed by atoms with Gasteiger partial charge in [-0.25, -0.2) is 18.0 Å². The van der Waals surface area contributed by atoms with Crippen LogP contribution in [0.15, 0.2) is 36.4 Å². The van der Waals surface area contributed by atoms with Crippen LogP contribution < -0.4 is 10.1 Å². The number of ether oxygens (including phenoxy) is 1. The molecule has 1 heterocycles. The molecule has 1 aliphatic rings. The Morgan fingerprint density at radius 1 is 1.20 bits per heavy atom. The SMILES string of the molecule is COc1ccc(CNC(=O)N(Cc2ccc(F)cc2F)C[C@H]2CCN(C)C2)cc1F. The first-order valence-electron chi connectivity index (χ1n) is 9.83. The van der Waals surface area contributed by atoms with Crippen LogP contribution in [0.25, 0.3) is 0 Å². The van der Waals surface area contributed by atoms with Gasteiger partial charge in [-0.15, -0.1) is 0 Å². The molecule has 5 nitrogen and oxygen atoms in total. The molecule has 162 valence electrons. The molecule has 2 aromatic rings. The Bertz CT molecular complexity index is 894. The van der Waals surface area contributed by atoms with Crippen molar-refractivity contribution in [1.29, 1.82) is 0 Å². The second kappa shape index (κ2) is 9.84. The van der Waals surface area contributed by atoms with Crippen molar-refractivity contribution < 1.29 is 22.7 Å². The van der Waals surface area contributed by atoms with Gasteiger partial charge in [0.2, 0.25) is 0 Å². The average Bonchev–Trinajstić information content (AvgIpc) is 3.12. The number of methoxy groups -OCH3 is 1. The van der Waals surface area contributed by atoms with Gasteiger partial charge in [-0.1, -0.05) is 12.1 Å². The summed E-state index contributed by atoms with van der Waals surface area (Å²) in [7, 11) is 3.40. The third-order valence-electron chi connectivity index (χ3n) is 5.29. The molecule has 2 aromatic carbocycles. The van der Waals surface area contributed by atoms with Crippen LogP contribution in [0.1, 0.15) is 17.5 Å². The maximum absolute atomic E-state index is 14.2. The molecular weight excluding hydrogens is 395 g/mol. The van der Waals surface area contributed by atoms with Crippen LogP contribution in [0, 0.1) is 23.4 Å². The predicted octanol–water partition coefficient (Wildman–Crippen LogP) is 3.78. The van der Waals surface area contributed by atoms with Crippen LogP contribution in [0.5, 0.6) is 5.75 Å². The highest BCUT2D eigenvalue weighted by molar-refractivity contribution is 5.74. The maximum atomic E-state index is 14.2. The summed E-state index contributed by atoms with van der Waals surface area (Å²) in [5, 5.41) is 2.77. The normalized spacial score (nSPS) is 16.5. The van der Waals surface area contributed by atoms with Gasteiger partial charge in [-0.3, -0.25) is 0 Å². The molecule has 30 heavy (non-hydrogen) atoms. The van der Waals surface area contributed by atoms with E-state index in [0.717, 1.165) is 25.6 Å². The highest BCUT2D eigenvalue weighted by atomic mass is 19.1. The summed E-state index contributed by atoms with van der Waals surface area (Å²) in [6, 6.07) is 7.42. The Morgan fingerprint density at radius 2 is 2.00 bits per heavy atom. The van der Waals surface area contributed by atoms with Gasteiger partial charge in [0.25, 0.3) is 0 Å². The number of hydrogen-bond acceptors (Lipinski definition) is 3. The smallest absolute Gasteiger partial charge is 0.317 e. The molecule has 0 bridgehead atoms. The lowest BCUT2D eigenvalue weighted by atomic mass is 10.1. The van der Waals surface area contributed by atoms with Gasteiger partial charge in [0.15, 0.2) is 11.6 Å². The van der Waals surface area contributed by atoms with Crippen LogP contribution in [0.3, 0.4) is 0 Å². The lowest BCUT2D eigenvalue weighted by Crippen LogP contribution is -2.42. The fourth-order valence-electron chi connectivity index (χ4n) is 3.67. The number of likely N-dealkylation sites (tertiary alicyclic amines) is 1. The molecule has 8 heteroatoms. The van der Waals surface area contributed by atoms with Gasteiger partial charge >= 0.3 is 6.03 Å². The van der Waals surface area contributed by atoms with Gasteiger partial charge in [-0.05, 0) is 49.7 Å². The standard InChI is InChI=1S/C22H26F3N3O2/c1-27-8-7-16(12-27)13-28(14-17-4-5-18(23)10-19(17)24)22(29)26-11-15-3-6-21(30-2)20(25)9-15/h3-6,9-10,16H,7-8,11-14H2,1-2H3,(H,26,29)/t16-/m0/s1. The van der Waals surface area contributed by atoms with Crippen molar-refractivity contribution in [1.82, 2.24) is 15.1 Å². The van der Waals surface area contributed by atoms with Crippen molar-refractivity contribution in [3.63, 3.8) is 0 Å². The highest BCUT2D eigenvalue weighted by Gasteiger charge is 2.25. The third kappa shape index (κ3) is 5.66. The first-order chi connectivity index (χ1) is 14.4. The minimum Gasteiger partial charge on any atom is -0.494 e. The minimum atomic E-state index is -0.687. The van der Waals surface area contributed by atoms with Crippen molar-refractivity contribution in [3.05, 3.63) is 65.0 Å². The zero-order chi connectivity index (χ0) is 21.7. The number of rotatable bonds is 7. The van der Waals surface area contributed by atoms with Crippen LogP contribution >= 0.6 is 0 Å². The van der Waals surface area contributed by atoms with E-state index in [0.29, 0.717) is 12.1 Å². The maximum Gasteiger partial charge on any atom is 0.317 e. The molecule has 1 fully saturated rings. The van der Waals surface area contributed by atoms with Gasteiger partial charge in [0, 0.05) is 31.3 Å². The Labute approximate surface area is 174 Å². The fourth-order valence-corrected chi connectivity index (χ4v) is 3.67. The van der Waals surface area contributed by atoms with Crippen LogP contribution in [-0.4, -0.2) is 49.6 Å². The lowest BCUT2D eigenvalue weighted by molar-refractivity contribution is 0.183. The second-order valence-corrected chi connectivity index (χ2v) is 7.66. The Morgan fingerprint density at radius 3 is 2.63 bits per heavy atom. The van der Waals surface area contributed by atoms with E-state index >= 15 is 0 Å². The van der Waals surface area contributed by atoms with Crippen LogP contribution in [0.2, 0.25) is 0 Å². The highest BCUT2D eigenvalue weighted by Crippen LogP contribution is 2.20. The van der Waals surface area contributed by atoms with Gasteiger partial charge < -0.3 is 19.9 Å². The molecule has 0 unspecified atom stereocenters. The van der Waals surface area contributed by atoms with Crippen LogP contribution in [0.4, 0.5) is 18.0 Å². The van der Waals surface area contributed by atoms with E-state index in [2.05, 4.69) is 10.2 Å². The van der Waals surface area contributed by atoms with Gasteiger partial charge in [-0.2, -0.15) is 0 Å². The topological polar surface area (TPSA) is 44.8 Å². The monoisotopic (exact) mass is 421 g/mol. The number of hydrogen-bond donors (Lipinski definition) is 1. The average molecular weight is 421 g/mol. The molecule has 0 aliphatic carbocycles. The molecule has 0 aromatic heterocycles. The van der Waals surface area contributed by atoms with Crippen molar-refractivity contribution in [2.45, 2.75) is 19.5 Å². The number of halogens is 3. The second-order valence-electron chi connectivity index (χ2n) is 7.66. The Balaban J connectivity index is 1.69. The number of nitrogens with zero attached hydrogens (tertiary/aromatic N) is 2. The van der Waals surface area contributed by atoms with E-state index in [1.54, 1.807) is 6.07 Å². The summed E-state index contributed by atoms with van der Waals surface area (Å²) in [5.41, 5.74) is 0.823.